The Labute approximate surface area is 160 Å². The van der Waals surface area contributed by atoms with Gasteiger partial charge in [-0.15, -0.1) is 0 Å². The zero-order chi connectivity index (χ0) is 19.8. The molecule has 27 heavy (non-hydrogen) atoms. The van der Waals surface area contributed by atoms with Crippen LogP contribution in [0.3, 0.4) is 0 Å². The summed E-state index contributed by atoms with van der Waals surface area (Å²) in [5, 5.41) is 11.7. The number of hydrogen-bond donors (Lipinski definition) is 1. The number of nitriles is 1. The minimum atomic E-state index is -0.273. The predicted octanol–water partition coefficient (Wildman–Crippen LogP) is 3.82. The molecule has 0 bridgehead atoms. The Kier molecular flexibility index (Phi) is 7.07. The molecule has 0 atom stereocenters. The molecular weight excluding hydrogens is 342 g/mol. The molecule has 0 saturated carbocycles. The van der Waals surface area contributed by atoms with Gasteiger partial charge in [-0.3, -0.25) is 4.79 Å². The first-order valence-electron chi connectivity index (χ1n) is 8.86. The van der Waals surface area contributed by atoms with Crippen LogP contribution in [0.25, 0.3) is 0 Å². The summed E-state index contributed by atoms with van der Waals surface area (Å²) < 4.78 is 10.7. The average Bonchev–Trinajstić information content (AvgIpc) is 2.67. The highest BCUT2D eigenvalue weighted by atomic mass is 16.5. The molecule has 0 spiro atoms. The van der Waals surface area contributed by atoms with Gasteiger partial charge in [0.2, 0.25) is 0 Å². The Bertz CT molecular complexity index is 810. The van der Waals surface area contributed by atoms with Crippen LogP contribution in [0.2, 0.25) is 0 Å². The van der Waals surface area contributed by atoms with Crippen LogP contribution in [0.1, 0.15) is 26.3 Å². The number of rotatable bonds is 8. The lowest BCUT2D eigenvalue weighted by molar-refractivity contribution is -0.118. The first kappa shape index (κ1) is 20.1. The van der Waals surface area contributed by atoms with Crippen molar-refractivity contribution in [2.45, 2.75) is 26.8 Å². The van der Waals surface area contributed by atoms with Gasteiger partial charge in [0.1, 0.15) is 0 Å². The summed E-state index contributed by atoms with van der Waals surface area (Å²) in [6.45, 7) is 7.17. The van der Waals surface area contributed by atoms with E-state index in [1.165, 1.54) is 7.11 Å². The lowest BCUT2D eigenvalue weighted by atomic mass is 10.2. The van der Waals surface area contributed by atoms with Crippen LogP contribution >= 0.6 is 0 Å². The van der Waals surface area contributed by atoms with Crippen molar-refractivity contribution >= 4 is 17.3 Å². The fourth-order valence-corrected chi connectivity index (χ4v) is 2.78. The molecule has 1 N–H and O–H groups in total. The number of carbonyl (C=O) groups excluding carboxylic acids is 1. The largest absolute Gasteiger partial charge is 0.493 e. The molecule has 0 radical (unpaired) electrons. The maximum absolute atomic E-state index is 12.2. The van der Waals surface area contributed by atoms with Crippen LogP contribution in [0, 0.1) is 11.3 Å². The molecule has 1 amide bonds. The van der Waals surface area contributed by atoms with Gasteiger partial charge in [-0.1, -0.05) is 0 Å². The first-order valence-corrected chi connectivity index (χ1v) is 8.86. The van der Waals surface area contributed by atoms with Crippen molar-refractivity contribution in [3.8, 4) is 17.6 Å². The SMILES string of the molecule is CCN(c1ccc(NC(=O)COc2ccc(C#N)cc2OC)cc1)C(C)C. The third kappa shape index (κ3) is 5.38. The maximum atomic E-state index is 12.2. The number of anilines is 2. The lowest BCUT2D eigenvalue weighted by Gasteiger charge is -2.27. The fraction of sp³-hybridized carbons (Fsp3) is 0.333. The van der Waals surface area contributed by atoms with E-state index in [9.17, 15) is 4.79 Å². The normalized spacial score (nSPS) is 10.2. The highest BCUT2D eigenvalue weighted by molar-refractivity contribution is 5.92. The monoisotopic (exact) mass is 367 g/mol. The first-order chi connectivity index (χ1) is 13.0. The van der Waals surface area contributed by atoms with Crippen LogP contribution in [-0.4, -0.2) is 32.2 Å². The number of carbonyl (C=O) groups is 1. The molecule has 2 rings (SSSR count). The molecule has 0 aromatic heterocycles. The summed E-state index contributed by atoms with van der Waals surface area (Å²) in [5.41, 5.74) is 2.29. The van der Waals surface area contributed by atoms with E-state index in [2.05, 4.69) is 31.0 Å². The van der Waals surface area contributed by atoms with E-state index in [1.807, 2.05) is 30.3 Å². The number of ether oxygens (including phenoxy) is 2. The summed E-state index contributed by atoms with van der Waals surface area (Å²) in [4.78, 5) is 14.4. The van der Waals surface area contributed by atoms with Crippen molar-refractivity contribution in [1.29, 1.82) is 5.26 Å². The number of amides is 1. The Balaban J connectivity index is 1.95. The van der Waals surface area contributed by atoms with Crippen LogP contribution in [0.5, 0.6) is 11.5 Å². The van der Waals surface area contributed by atoms with Crippen molar-refractivity contribution in [2.75, 3.05) is 30.5 Å². The number of hydrogen-bond acceptors (Lipinski definition) is 5. The fourth-order valence-electron chi connectivity index (χ4n) is 2.78. The van der Waals surface area contributed by atoms with Crippen molar-refractivity contribution in [3.63, 3.8) is 0 Å². The molecule has 0 aliphatic carbocycles. The molecule has 6 nitrogen and oxygen atoms in total. The van der Waals surface area contributed by atoms with Gasteiger partial charge in [0.15, 0.2) is 18.1 Å². The van der Waals surface area contributed by atoms with E-state index in [-0.39, 0.29) is 12.5 Å². The van der Waals surface area contributed by atoms with Gasteiger partial charge in [0.25, 0.3) is 5.91 Å². The van der Waals surface area contributed by atoms with Gasteiger partial charge in [-0.05, 0) is 57.2 Å². The topological polar surface area (TPSA) is 74.6 Å². The minimum Gasteiger partial charge on any atom is -0.493 e. The van der Waals surface area contributed by atoms with Gasteiger partial charge in [0, 0.05) is 30.0 Å². The van der Waals surface area contributed by atoms with Crippen molar-refractivity contribution in [3.05, 3.63) is 48.0 Å². The highest BCUT2D eigenvalue weighted by Crippen LogP contribution is 2.27. The molecule has 0 heterocycles. The minimum absolute atomic E-state index is 0.156. The van der Waals surface area contributed by atoms with Gasteiger partial charge >= 0.3 is 0 Å². The lowest BCUT2D eigenvalue weighted by Crippen LogP contribution is -2.30. The molecule has 0 aliphatic rings. The van der Waals surface area contributed by atoms with E-state index >= 15 is 0 Å². The van der Waals surface area contributed by atoms with Crippen LogP contribution in [0.15, 0.2) is 42.5 Å². The molecule has 0 fully saturated rings. The number of benzene rings is 2. The van der Waals surface area contributed by atoms with Gasteiger partial charge in [-0.2, -0.15) is 5.26 Å². The highest BCUT2D eigenvalue weighted by Gasteiger charge is 2.11. The standard InChI is InChI=1S/C21H25N3O3/c1-5-24(15(2)3)18-9-7-17(8-10-18)23-21(25)14-27-19-11-6-16(13-22)12-20(19)26-4/h6-12,15H,5,14H2,1-4H3,(H,23,25). The van der Waals surface area contributed by atoms with E-state index in [1.54, 1.807) is 18.2 Å². The van der Waals surface area contributed by atoms with Crippen molar-refractivity contribution in [1.82, 2.24) is 0 Å². The molecule has 6 heteroatoms. The summed E-state index contributed by atoms with van der Waals surface area (Å²) in [6.07, 6.45) is 0. The van der Waals surface area contributed by atoms with Crippen molar-refractivity contribution in [2.24, 2.45) is 0 Å². The summed E-state index contributed by atoms with van der Waals surface area (Å²) >= 11 is 0. The molecule has 0 unspecified atom stereocenters. The molecule has 2 aromatic rings. The Morgan fingerprint density at radius 3 is 2.44 bits per heavy atom. The Morgan fingerprint density at radius 2 is 1.89 bits per heavy atom. The summed E-state index contributed by atoms with van der Waals surface area (Å²) in [7, 11) is 1.49. The molecule has 0 aliphatic heterocycles. The van der Waals surface area contributed by atoms with Gasteiger partial charge in [-0.25, -0.2) is 0 Å². The van der Waals surface area contributed by atoms with E-state index in [0.29, 0.717) is 28.8 Å². The summed E-state index contributed by atoms with van der Waals surface area (Å²) in [6, 6.07) is 15.0. The zero-order valence-electron chi connectivity index (χ0n) is 16.2. The number of nitrogens with one attached hydrogen (secondary N) is 1. The smallest absolute Gasteiger partial charge is 0.262 e. The van der Waals surface area contributed by atoms with Crippen molar-refractivity contribution < 1.29 is 14.3 Å². The van der Waals surface area contributed by atoms with Crippen LogP contribution < -0.4 is 19.7 Å². The average molecular weight is 367 g/mol. The third-order valence-corrected chi connectivity index (χ3v) is 4.10. The predicted molar refractivity (Wildman–Crippen MR) is 106 cm³/mol. The Morgan fingerprint density at radius 1 is 1.19 bits per heavy atom. The molecule has 0 saturated heterocycles. The molecular formula is C21H25N3O3. The van der Waals surface area contributed by atoms with Crippen LogP contribution in [0.4, 0.5) is 11.4 Å². The van der Waals surface area contributed by atoms with Gasteiger partial charge in [0.05, 0.1) is 18.7 Å². The van der Waals surface area contributed by atoms with Gasteiger partial charge < -0.3 is 19.7 Å². The number of methoxy groups -OCH3 is 1. The molecule has 142 valence electrons. The maximum Gasteiger partial charge on any atom is 0.262 e. The molecule has 2 aromatic carbocycles. The number of nitrogens with zero attached hydrogens (tertiary/aromatic N) is 2. The second kappa shape index (κ2) is 9.48. The summed E-state index contributed by atoms with van der Waals surface area (Å²) in [5.74, 6) is 0.558. The second-order valence-electron chi connectivity index (χ2n) is 6.24. The van der Waals surface area contributed by atoms with Crippen LogP contribution in [-0.2, 0) is 4.79 Å². The second-order valence-corrected chi connectivity index (χ2v) is 6.24. The Hall–Kier alpha value is -3.20. The third-order valence-electron chi connectivity index (χ3n) is 4.10. The quantitative estimate of drug-likeness (QED) is 0.768. The zero-order valence-corrected chi connectivity index (χ0v) is 16.2. The van der Waals surface area contributed by atoms with E-state index in [4.69, 9.17) is 14.7 Å². The van der Waals surface area contributed by atoms with E-state index in [0.717, 1.165) is 12.2 Å². The van der Waals surface area contributed by atoms with E-state index < -0.39 is 0 Å².